The van der Waals surface area contributed by atoms with Crippen LogP contribution in [-0.2, 0) is 0 Å². The van der Waals surface area contributed by atoms with Crippen molar-refractivity contribution in [3.05, 3.63) is 29.3 Å². The van der Waals surface area contributed by atoms with Gasteiger partial charge in [0, 0.05) is 11.6 Å². The molecule has 1 atom stereocenters. The highest BCUT2D eigenvalue weighted by molar-refractivity contribution is 5.39. The van der Waals surface area contributed by atoms with Crippen LogP contribution in [0.1, 0.15) is 63.6 Å². The molecule has 1 aromatic carbocycles. The Labute approximate surface area is 124 Å². The third-order valence-electron chi connectivity index (χ3n) is 3.68. The molecule has 1 aromatic rings. The minimum absolute atomic E-state index is 0.407. The van der Waals surface area contributed by atoms with Crippen molar-refractivity contribution in [3.8, 4) is 5.75 Å². The summed E-state index contributed by atoms with van der Waals surface area (Å²) in [6.45, 7) is 9.97. The molecule has 2 nitrogen and oxygen atoms in total. The largest absolute Gasteiger partial charge is 0.496 e. The molecule has 0 aromatic heterocycles. The minimum atomic E-state index is 0.407. The molecule has 114 valence electrons. The number of aryl methyl sites for hydroxylation is 1. The van der Waals surface area contributed by atoms with E-state index in [4.69, 9.17) is 4.74 Å². The van der Waals surface area contributed by atoms with Crippen molar-refractivity contribution < 1.29 is 4.74 Å². The van der Waals surface area contributed by atoms with E-state index < -0.39 is 0 Å². The highest BCUT2D eigenvalue weighted by atomic mass is 16.5. The fourth-order valence-corrected chi connectivity index (χ4v) is 2.52. The molecule has 0 fully saturated rings. The molecule has 1 N–H and O–H groups in total. The van der Waals surface area contributed by atoms with Crippen LogP contribution in [0.15, 0.2) is 18.2 Å². The van der Waals surface area contributed by atoms with Crippen LogP contribution in [0.25, 0.3) is 0 Å². The fourth-order valence-electron chi connectivity index (χ4n) is 2.52. The Kier molecular flexibility index (Phi) is 7.68. The van der Waals surface area contributed by atoms with Crippen molar-refractivity contribution in [1.82, 2.24) is 5.32 Å². The summed E-state index contributed by atoms with van der Waals surface area (Å²) in [5, 5.41) is 3.67. The monoisotopic (exact) mass is 277 g/mol. The number of benzene rings is 1. The van der Waals surface area contributed by atoms with Crippen LogP contribution >= 0.6 is 0 Å². The zero-order valence-corrected chi connectivity index (χ0v) is 13.8. The smallest absolute Gasteiger partial charge is 0.123 e. The summed E-state index contributed by atoms with van der Waals surface area (Å²) < 4.78 is 5.57. The molecule has 0 aliphatic heterocycles. The topological polar surface area (TPSA) is 21.3 Å². The van der Waals surface area contributed by atoms with Gasteiger partial charge in [0.1, 0.15) is 5.75 Å². The number of ether oxygens (including phenoxy) is 1. The third kappa shape index (κ3) is 5.54. The van der Waals surface area contributed by atoms with Crippen molar-refractivity contribution in [3.63, 3.8) is 0 Å². The Morgan fingerprint density at radius 2 is 1.95 bits per heavy atom. The maximum atomic E-state index is 5.57. The van der Waals surface area contributed by atoms with Crippen LogP contribution in [0, 0.1) is 12.8 Å². The van der Waals surface area contributed by atoms with Crippen LogP contribution in [0.2, 0.25) is 0 Å². The number of hydrogen-bond acceptors (Lipinski definition) is 2. The molecular weight excluding hydrogens is 246 g/mol. The lowest BCUT2D eigenvalue weighted by atomic mass is 9.96. The van der Waals surface area contributed by atoms with E-state index >= 15 is 0 Å². The maximum Gasteiger partial charge on any atom is 0.123 e. The van der Waals surface area contributed by atoms with Gasteiger partial charge in [-0.2, -0.15) is 0 Å². The average Bonchev–Trinajstić information content (AvgIpc) is 2.42. The lowest BCUT2D eigenvalue weighted by Crippen LogP contribution is -2.22. The quantitative estimate of drug-likeness (QED) is 0.695. The molecule has 2 heteroatoms. The number of methoxy groups -OCH3 is 1. The Morgan fingerprint density at radius 1 is 1.20 bits per heavy atom. The Balaban J connectivity index is 2.80. The van der Waals surface area contributed by atoms with Gasteiger partial charge >= 0.3 is 0 Å². The second kappa shape index (κ2) is 9.02. The fraction of sp³-hybridized carbons (Fsp3) is 0.667. The zero-order chi connectivity index (χ0) is 15.0. The van der Waals surface area contributed by atoms with Gasteiger partial charge in [0.25, 0.3) is 0 Å². The summed E-state index contributed by atoms with van der Waals surface area (Å²) in [6, 6.07) is 6.94. The Morgan fingerprint density at radius 3 is 2.55 bits per heavy atom. The van der Waals surface area contributed by atoms with E-state index in [9.17, 15) is 0 Å². The first kappa shape index (κ1) is 17.0. The Hall–Kier alpha value is -1.02. The van der Waals surface area contributed by atoms with E-state index in [2.05, 4.69) is 51.2 Å². The van der Waals surface area contributed by atoms with E-state index in [0.29, 0.717) is 6.04 Å². The third-order valence-corrected chi connectivity index (χ3v) is 3.68. The van der Waals surface area contributed by atoms with Gasteiger partial charge in [0.2, 0.25) is 0 Å². The second-order valence-electron chi connectivity index (χ2n) is 6.08. The van der Waals surface area contributed by atoms with Gasteiger partial charge in [-0.1, -0.05) is 45.7 Å². The lowest BCUT2D eigenvalue weighted by Gasteiger charge is -2.22. The summed E-state index contributed by atoms with van der Waals surface area (Å²) >= 11 is 0. The van der Waals surface area contributed by atoms with E-state index in [1.54, 1.807) is 7.11 Å². The van der Waals surface area contributed by atoms with E-state index in [1.165, 1.54) is 30.4 Å². The van der Waals surface area contributed by atoms with Gasteiger partial charge in [-0.25, -0.2) is 0 Å². The van der Waals surface area contributed by atoms with E-state index in [0.717, 1.165) is 24.6 Å². The predicted molar refractivity (Wildman–Crippen MR) is 87.5 cm³/mol. The van der Waals surface area contributed by atoms with Crippen molar-refractivity contribution in [2.75, 3.05) is 13.7 Å². The molecule has 1 unspecified atom stereocenters. The molecule has 0 bridgehead atoms. The molecule has 1 rings (SSSR count). The first-order chi connectivity index (χ1) is 9.58. The first-order valence-electron chi connectivity index (χ1n) is 7.96. The van der Waals surface area contributed by atoms with Crippen molar-refractivity contribution in [2.24, 2.45) is 5.92 Å². The van der Waals surface area contributed by atoms with Crippen LogP contribution in [-0.4, -0.2) is 13.7 Å². The predicted octanol–water partition coefficient (Wildman–Crippen LogP) is 4.87. The molecule has 20 heavy (non-hydrogen) atoms. The second-order valence-corrected chi connectivity index (χ2v) is 6.08. The van der Waals surface area contributed by atoms with Crippen LogP contribution in [0.5, 0.6) is 5.75 Å². The van der Waals surface area contributed by atoms with Gasteiger partial charge in [-0.15, -0.1) is 0 Å². The molecule has 0 saturated heterocycles. The van der Waals surface area contributed by atoms with Gasteiger partial charge in [-0.05, 0) is 43.9 Å². The molecule has 0 aliphatic rings. The molecule has 0 heterocycles. The summed E-state index contributed by atoms with van der Waals surface area (Å²) in [7, 11) is 1.77. The average molecular weight is 277 g/mol. The molecule has 0 spiro atoms. The SMILES string of the molecule is CCCNC(CCCC(C)C)c1ccc(C)cc1OC. The van der Waals surface area contributed by atoms with Crippen LogP contribution in [0.4, 0.5) is 0 Å². The molecule has 0 aliphatic carbocycles. The van der Waals surface area contributed by atoms with E-state index in [-0.39, 0.29) is 0 Å². The molecule has 0 amide bonds. The summed E-state index contributed by atoms with van der Waals surface area (Å²) in [6.07, 6.45) is 4.89. The zero-order valence-electron chi connectivity index (χ0n) is 13.8. The number of nitrogens with one attached hydrogen (secondary N) is 1. The number of hydrogen-bond donors (Lipinski definition) is 1. The van der Waals surface area contributed by atoms with Gasteiger partial charge in [-0.3, -0.25) is 0 Å². The standard InChI is InChI=1S/C18H31NO/c1-6-12-19-17(9-7-8-14(2)3)16-11-10-15(4)13-18(16)20-5/h10-11,13-14,17,19H,6-9,12H2,1-5H3. The first-order valence-corrected chi connectivity index (χ1v) is 7.96. The Bertz CT molecular complexity index is 387. The lowest BCUT2D eigenvalue weighted by molar-refractivity contribution is 0.388. The minimum Gasteiger partial charge on any atom is -0.496 e. The highest BCUT2D eigenvalue weighted by Crippen LogP contribution is 2.30. The maximum absolute atomic E-state index is 5.57. The summed E-state index contributed by atoms with van der Waals surface area (Å²) in [5.41, 5.74) is 2.55. The van der Waals surface area contributed by atoms with Crippen molar-refractivity contribution in [1.29, 1.82) is 0 Å². The van der Waals surface area contributed by atoms with Crippen molar-refractivity contribution >= 4 is 0 Å². The molecule has 0 saturated carbocycles. The van der Waals surface area contributed by atoms with Gasteiger partial charge < -0.3 is 10.1 Å². The van der Waals surface area contributed by atoms with Gasteiger partial charge in [0.15, 0.2) is 0 Å². The summed E-state index contributed by atoms with van der Waals surface area (Å²) in [4.78, 5) is 0. The summed E-state index contributed by atoms with van der Waals surface area (Å²) in [5.74, 6) is 1.80. The normalized spacial score (nSPS) is 12.7. The van der Waals surface area contributed by atoms with Crippen LogP contribution in [0.3, 0.4) is 0 Å². The molecular formula is C18H31NO. The van der Waals surface area contributed by atoms with Gasteiger partial charge in [0.05, 0.1) is 7.11 Å². The van der Waals surface area contributed by atoms with Crippen LogP contribution < -0.4 is 10.1 Å². The van der Waals surface area contributed by atoms with E-state index in [1.807, 2.05) is 0 Å². The molecule has 0 radical (unpaired) electrons. The number of rotatable bonds is 9. The highest BCUT2D eigenvalue weighted by Gasteiger charge is 2.15. The van der Waals surface area contributed by atoms with Crippen molar-refractivity contribution in [2.45, 2.75) is 59.4 Å².